The molecule has 19 heavy (non-hydrogen) atoms. The molecule has 1 aromatic rings. The highest BCUT2D eigenvalue weighted by Gasteiger charge is 2.20. The van der Waals surface area contributed by atoms with Gasteiger partial charge >= 0.3 is 5.97 Å². The summed E-state index contributed by atoms with van der Waals surface area (Å²) in [6.07, 6.45) is 0.483. The molecule has 6 nitrogen and oxygen atoms in total. The summed E-state index contributed by atoms with van der Waals surface area (Å²) in [6.45, 7) is 0. The van der Waals surface area contributed by atoms with Gasteiger partial charge in [0.05, 0.1) is 18.5 Å². The zero-order valence-corrected chi connectivity index (χ0v) is 10.3. The van der Waals surface area contributed by atoms with E-state index >= 15 is 0 Å². The average Bonchev–Trinajstić information content (AvgIpc) is 2.38. The van der Waals surface area contributed by atoms with Crippen LogP contribution in [0.15, 0.2) is 30.3 Å². The highest BCUT2D eigenvalue weighted by Crippen LogP contribution is 2.02. The molecule has 0 aliphatic carbocycles. The van der Waals surface area contributed by atoms with E-state index in [9.17, 15) is 14.4 Å². The number of rotatable bonds is 7. The molecule has 1 amide bonds. The first-order valence-corrected chi connectivity index (χ1v) is 5.80. The van der Waals surface area contributed by atoms with Crippen LogP contribution in [0.4, 0.5) is 0 Å². The van der Waals surface area contributed by atoms with Gasteiger partial charge in [-0.2, -0.15) is 0 Å². The maximum Gasteiger partial charge on any atom is 0.305 e. The molecule has 0 fully saturated rings. The zero-order valence-electron chi connectivity index (χ0n) is 10.3. The molecule has 0 aliphatic rings. The lowest BCUT2D eigenvalue weighted by Crippen LogP contribution is -2.47. The quantitative estimate of drug-likeness (QED) is 0.586. The van der Waals surface area contributed by atoms with E-state index in [-0.39, 0.29) is 0 Å². The van der Waals surface area contributed by atoms with E-state index in [0.29, 0.717) is 12.7 Å². The van der Waals surface area contributed by atoms with Crippen LogP contribution in [0.1, 0.15) is 12.0 Å². The van der Waals surface area contributed by atoms with Crippen LogP contribution >= 0.6 is 0 Å². The summed E-state index contributed by atoms with van der Waals surface area (Å²) >= 11 is 0. The Morgan fingerprint density at radius 2 is 1.95 bits per heavy atom. The number of carbonyl (C=O) groups is 3. The summed E-state index contributed by atoms with van der Waals surface area (Å²) in [4.78, 5) is 32.9. The monoisotopic (exact) mass is 264 g/mol. The highest BCUT2D eigenvalue weighted by atomic mass is 16.4. The van der Waals surface area contributed by atoms with Gasteiger partial charge in [-0.05, 0) is 12.0 Å². The van der Waals surface area contributed by atoms with Crippen LogP contribution in [0.3, 0.4) is 0 Å². The Bertz CT molecular complexity index is 447. The molecule has 102 valence electrons. The number of benzene rings is 1. The van der Waals surface area contributed by atoms with Crippen molar-refractivity contribution in [2.45, 2.75) is 24.9 Å². The summed E-state index contributed by atoms with van der Waals surface area (Å²) < 4.78 is 0. The summed E-state index contributed by atoms with van der Waals surface area (Å²) in [5, 5.41) is 11.0. The van der Waals surface area contributed by atoms with Gasteiger partial charge in [-0.1, -0.05) is 30.3 Å². The normalized spacial score (nSPS) is 13.3. The second-order valence-electron chi connectivity index (χ2n) is 4.15. The number of nitrogens with two attached hydrogens (primary N) is 1. The van der Waals surface area contributed by atoms with E-state index in [1.54, 1.807) is 0 Å². The van der Waals surface area contributed by atoms with Crippen molar-refractivity contribution in [1.29, 1.82) is 0 Å². The van der Waals surface area contributed by atoms with E-state index in [4.69, 9.17) is 10.8 Å². The molecule has 0 bridgehead atoms. The lowest BCUT2D eigenvalue weighted by molar-refractivity contribution is -0.139. The molecule has 0 aliphatic heterocycles. The number of aliphatic carboxylic acids is 1. The Morgan fingerprint density at radius 1 is 1.32 bits per heavy atom. The second kappa shape index (κ2) is 7.27. The second-order valence-corrected chi connectivity index (χ2v) is 4.15. The minimum absolute atomic E-state index is 0.343. The molecule has 0 spiro atoms. The van der Waals surface area contributed by atoms with Gasteiger partial charge in [0, 0.05) is 0 Å². The van der Waals surface area contributed by atoms with Gasteiger partial charge in [-0.3, -0.25) is 9.59 Å². The minimum atomic E-state index is -1.16. The first kappa shape index (κ1) is 14.8. The van der Waals surface area contributed by atoms with E-state index in [0.717, 1.165) is 5.56 Å². The third kappa shape index (κ3) is 5.31. The number of nitrogens with one attached hydrogen (secondary N) is 1. The summed E-state index contributed by atoms with van der Waals surface area (Å²) in [7, 11) is 0. The maximum absolute atomic E-state index is 11.6. The summed E-state index contributed by atoms with van der Waals surface area (Å²) in [5.41, 5.74) is 6.30. The predicted octanol–water partition coefficient (Wildman–Crippen LogP) is -0.285. The Morgan fingerprint density at radius 3 is 2.47 bits per heavy atom. The minimum Gasteiger partial charge on any atom is -0.481 e. The van der Waals surface area contributed by atoms with Gasteiger partial charge in [0.1, 0.15) is 6.29 Å². The van der Waals surface area contributed by atoms with Crippen molar-refractivity contribution in [3.8, 4) is 0 Å². The number of hydrogen-bond donors (Lipinski definition) is 3. The molecule has 0 saturated heterocycles. The fraction of sp³-hybridized carbons (Fsp3) is 0.308. The van der Waals surface area contributed by atoms with Crippen molar-refractivity contribution >= 4 is 18.2 Å². The van der Waals surface area contributed by atoms with Crippen molar-refractivity contribution in [3.05, 3.63) is 35.9 Å². The molecular formula is C13H16N2O4. The Kier molecular flexibility index (Phi) is 5.69. The molecule has 6 heteroatoms. The molecule has 0 heterocycles. The van der Waals surface area contributed by atoms with Crippen LogP contribution in [-0.2, 0) is 20.8 Å². The van der Waals surface area contributed by atoms with Crippen LogP contribution in [0.25, 0.3) is 0 Å². The van der Waals surface area contributed by atoms with Gasteiger partial charge in [-0.25, -0.2) is 0 Å². The third-order valence-electron chi connectivity index (χ3n) is 2.52. The van der Waals surface area contributed by atoms with Crippen molar-refractivity contribution < 1.29 is 19.5 Å². The molecule has 1 rings (SSSR count). The van der Waals surface area contributed by atoms with Crippen LogP contribution in [0, 0.1) is 0 Å². The van der Waals surface area contributed by atoms with Crippen LogP contribution in [-0.4, -0.2) is 35.4 Å². The number of carbonyl (C=O) groups excluding carboxylic acids is 2. The maximum atomic E-state index is 11.6. The van der Waals surface area contributed by atoms with Gasteiger partial charge in [0.15, 0.2) is 0 Å². The molecule has 0 radical (unpaired) electrons. The van der Waals surface area contributed by atoms with Gasteiger partial charge < -0.3 is 21.0 Å². The number of carboxylic acid groups (broad SMARTS) is 1. The van der Waals surface area contributed by atoms with E-state index in [1.165, 1.54) is 0 Å². The topological polar surface area (TPSA) is 109 Å². The molecule has 1 aromatic carbocycles. The number of carboxylic acids is 1. The number of amides is 1. The van der Waals surface area contributed by atoms with Gasteiger partial charge in [0.25, 0.3) is 0 Å². The standard InChI is InChI=1S/C13H16N2O4/c14-11(7-12(17)18)13(19)15-10(8-16)6-9-4-2-1-3-5-9/h1-5,8,10-11H,6-7,14H2,(H,15,19)(H,17,18)/t10-,11+/m1/s1. The number of hydrogen-bond acceptors (Lipinski definition) is 4. The Hall–Kier alpha value is -2.21. The SMILES string of the molecule is N[C@@H](CC(=O)O)C(=O)N[C@@H](C=O)Cc1ccccc1. The third-order valence-corrected chi connectivity index (χ3v) is 2.52. The van der Waals surface area contributed by atoms with E-state index < -0.39 is 30.4 Å². The molecule has 0 aromatic heterocycles. The van der Waals surface area contributed by atoms with Gasteiger partial charge in [0.2, 0.25) is 5.91 Å². The first-order valence-electron chi connectivity index (χ1n) is 5.80. The van der Waals surface area contributed by atoms with Crippen molar-refractivity contribution in [3.63, 3.8) is 0 Å². The van der Waals surface area contributed by atoms with E-state index in [2.05, 4.69) is 5.32 Å². The first-order chi connectivity index (χ1) is 9.02. The van der Waals surface area contributed by atoms with Crippen molar-refractivity contribution in [1.82, 2.24) is 5.32 Å². The fourth-order valence-electron chi connectivity index (χ4n) is 1.57. The smallest absolute Gasteiger partial charge is 0.305 e. The van der Waals surface area contributed by atoms with Crippen molar-refractivity contribution in [2.75, 3.05) is 0 Å². The lowest BCUT2D eigenvalue weighted by Gasteiger charge is -2.15. The van der Waals surface area contributed by atoms with Crippen molar-refractivity contribution in [2.24, 2.45) is 5.73 Å². The van der Waals surface area contributed by atoms with Gasteiger partial charge in [-0.15, -0.1) is 0 Å². The van der Waals surface area contributed by atoms with Crippen LogP contribution in [0.5, 0.6) is 0 Å². The van der Waals surface area contributed by atoms with Crippen LogP contribution < -0.4 is 11.1 Å². The van der Waals surface area contributed by atoms with E-state index in [1.807, 2.05) is 30.3 Å². The summed E-state index contributed by atoms with van der Waals surface area (Å²) in [6, 6.07) is 7.30. The summed E-state index contributed by atoms with van der Waals surface area (Å²) in [5.74, 6) is -1.80. The molecule has 0 unspecified atom stereocenters. The molecule has 2 atom stereocenters. The predicted molar refractivity (Wildman–Crippen MR) is 68.4 cm³/mol. The Balaban J connectivity index is 2.55. The lowest BCUT2D eigenvalue weighted by atomic mass is 10.1. The fourth-order valence-corrected chi connectivity index (χ4v) is 1.57. The Labute approximate surface area is 110 Å². The van der Waals surface area contributed by atoms with Crippen LogP contribution in [0.2, 0.25) is 0 Å². The molecule has 0 saturated carbocycles. The largest absolute Gasteiger partial charge is 0.481 e. The molecule has 4 N–H and O–H groups in total. The number of aldehydes is 1. The highest BCUT2D eigenvalue weighted by molar-refractivity contribution is 5.87. The average molecular weight is 264 g/mol. The zero-order chi connectivity index (χ0) is 14.3. The molecular weight excluding hydrogens is 248 g/mol.